The molecule has 4 aromatic heterocycles. The molecule has 0 radical (unpaired) electrons. The molecule has 0 aliphatic heterocycles. The largest absolute Gasteiger partial charge is 0.349 e. The van der Waals surface area contributed by atoms with Crippen LogP contribution in [0.5, 0.6) is 0 Å². The van der Waals surface area contributed by atoms with Crippen molar-refractivity contribution in [2.24, 2.45) is 0 Å². The number of aromatic nitrogens is 4. The van der Waals surface area contributed by atoms with Crippen LogP contribution in [0.25, 0.3) is 15.7 Å². The Morgan fingerprint density at radius 3 is 2.85 bits per heavy atom. The second kappa shape index (κ2) is 6.96. The molecule has 4 aromatic rings. The molecule has 1 amide bonds. The molecule has 27 heavy (non-hydrogen) atoms. The number of carbonyl (C=O) groups excluding carboxylic acids is 1. The van der Waals surface area contributed by atoms with E-state index in [2.05, 4.69) is 21.5 Å². The van der Waals surface area contributed by atoms with Crippen LogP contribution in [0.2, 0.25) is 0 Å². The molecule has 0 spiro atoms. The average Bonchev–Trinajstić information content (AvgIpc) is 3.19. The summed E-state index contributed by atoms with van der Waals surface area (Å²) >= 11 is 1.65. The summed E-state index contributed by atoms with van der Waals surface area (Å²) in [5.41, 5.74) is 2.06. The van der Waals surface area contributed by atoms with Crippen molar-refractivity contribution in [3.63, 3.8) is 0 Å². The van der Waals surface area contributed by atoms with Crippen molar-refractivity contribution in [1.29, 1.82) is 0 Å². The van der Waals surface area contributed by atoms with E-state index in [1.165, 1.54) is 9.56 Å². The molecular formula is C19H19N5O2S. The van der Waals surface area contributed by atoms with Gasteiger partial charge in [-0.25, -0.2) is 4.68 Å². The van der Waals surface area contributed by atoms with Gasteiger partial charge in [0.05, 0.1) is 22.5 Å². The van der Waals surface area contributed by atoms with E-state index in [-0.39, 0.29) is 18.0 Å². The number of nitrogens with zero attached hydrogens (tertiary/aromatic N) is 4. The first-order valence-corrected chi connectivity index (χ1v) is 9.56. The Morgan fingerprint density at radius 2 is 2.11 bits per heavy atom. The fourth-order valence-corrected chi connectivity index (χ4v) is 4.08. The zero-order valence-electron chi connectivity index (χ0n) is 15.1. The predicted molar refractivity (Wildman–Crippen MR) is 105 cm³/mol. The summed E-state index contributed by atoms with van der Waals surface area (Å²) in [5.74, 6) is 0.487. The number of fused-ring (bicyclic) bond motifs is 3. The Labute approximate surface area is 159 Å². The van der Waals surface area contributed by atoms with Gasteiger partial charge in [0.25, 0.3) is 5.56 Å². The van der Waals surface area contributed by atoms with E-state index in [0.29, 0.717) is 18.5 Å². The van der Waals surface area contributed by atoms with Gasteiger partial charge in [-0.2, -0.15) is 5.10 Å². The van der Waals surface area contributed by atoms with Crippen molar-refractivity contribution in [3.05, 3.63) is 63.3 Å². The van der Waals surface area contributed by atoms with Gasteiger partial charge >= 0.3 is 0 Å². The van der Waals surface area contributed by atoms with E-state index < -0.39 is 0 Å². The highest BCUT2D eigenvalue weighted by Gasteiger charge is 2.16. The lowest BCUT2D eigenvalue weighted by Crippen LogP contribution is -2.35. The Morgan fingerprint density at radius 1 is 1.26 bits per heavy atom. The maximum atomic E-state index is 12.9. The van der Waals surface area contributed by atoms with Gasteiger partial charge in [0, 0.05) is 17.5 Å². The first-order chi connectivity index (χ1) is 13.1. The molecule has 1 N–H and O–H groups in total. The Balaban J connectivity index is 1.64. The summed E-state index contributed by atoms with van der Waals surface area (Å²) in [5, 5.41) is 7.22. The Kier molecular flexibility index (Phi) is 4.49. The molecule has 0 aliphatic rings. The minimum absolute atomic E-state index is 0.118. The molecule has 138 valence electrons. The van der Waals surface area contributed by atoms with E-state index in [1.54, 1.807) is 17.5 Å². The fourth-order valence-electron chi connectivity index (χ4n) is 3.13. The van der Waals surface area contributed by atoms with Crippen molar-refractivity contribution in [3.8, 4) is 0 Å². The summed E-state index contributed by atoms with van der Waals surface area (Å²) in [6, 6.07) is 9.47. The molecular weight excluding hydrogens is 362 g/mol. The number of thiophene rings is 1. The molecule has 0 bridgehead atoms. The average molecular weight is 381 g/mol. The zero-order chi connectivity index (χ0) is 19.0. The molecule has 0 saturated heterocycles. The van der Waals surface area contributed by atoms with Crippen molar-refractivity contribution in [2.75, 3.05) is 0 Å². The molecule has 0 saturated carbocycles. The molecule has 8 heteroatoms. The highest BCUT2D eigenvalue weighted by atomic mass is 32.1. The predicted octanol–water partition coefficient (Wildman–Crippen LogP) is 2.29. The van der Waals surface area contributed by atoms with Crippen LogP contribution in [-0.2, 0) is 24.3 Å². The monoisotopic (exact) mass is 381 g/mol. The molecule has 0 fully saturated rings. The molecule has 0 aliphatic carbocycles. The summed E-state index contributed by atoms with van der Waals surface area (Å²) in [7, 11) is 0. The third-order valence-corrected chi connectivity index (χ3v) is 5.35. The lowest BCUT2D eigenvalue weighted by molar-refractivity contribution is -0.122. The van der Waals surface area contributed by atoms with Gasteiger partial charge in [0.2, 0.25) is 5.91 Å². The first kappa shape index (κ1) is 17.4. The third kappa shape index (κ3) is 3.23. The highest BCUT2D eigenvalue weighted by Crippen LogP contribution is 2.28. The number of hydrogen-bond acceptors (Lipinski definition) is 5. The van der Waals surface area contributed by atoms with E-state index in [9.17, 15) is 9.59 Å². The minimum atomic E-state index is -0.272. The maximum absolute atomic E-state index is 12.9. The van der Waals surface area contributed by atoms with Crippen molar-refractivity contribution in [2.45, 2.75) is 33.4 Å². The number of aryl methyl sites for hydroxylation is 2. The number of pyridine rings is 1. The normalized spacial score (nSPS) is 11.3. The lowest BCUT2D eigenvalue weighted by atomic mass is 10.3. The van der Waals surface area contributed by atoms with Crippen LogP contribution in [0.1, 0.15) is 23.3 Å². The molecule has 0 aromatic carbocycles. The van der Waals surface area contributed by atoms with Gasteiger partial charge in [-0.15, -0.1) is 11.3 Å². The Bertz CT molecular complexity index is 1190. The van der Waals surface area contributed by atoms with Gasteiger partial charge in [-0.05, 0) is 31.2 Å². The maximum Gasteiger partial charge on any atom is 0.291 e. The van der Waals surface area contributed by atoms with Crippen LogP contribution >= 0.6 is 11.3 Å². The topological polar surface area (TPSA) is 81.3 Å². The van der Waals surface area contributed by atoms with Crippen molar-refractivity contribution < 1.29 is 4.79 Å². The second-order valence-corrected chi connectivity index (χ2v) is 7.59. The quantitative estimate of drug-likeness (QED) is 0.575. The van der Waals surface area contributed by atoms with Crippen LogP contribution in [0, 0.1) is 6.92 Å². The molecule has 4 rings (SSSR count). The third-order valence-electron chi connectivity index (χ3n) is 4.36. The van der Waals surface area contributed by atoms with Gasteiger partial charge < -0.3 is 5.32 Å². The van der Waals surface area contributed by atoms with Gasteiger partial charge in [-0.1, -0.05) is 13.0 Å². The summed E-state index contributed by atoms with van der Waals surface area (Å²) in [4.78, 5) is 30.5. The van der Waals surface area contributed by atoms with Crippen LogP contribution < -0.4 is 10.9 Å². The molecule has 4 heterocycles. The zero-order valence-corrected chi connectivity index (χ0v) is 15.9. The number of nitrogens with one attached hydrogen (secondary N) is 1. The Hall–Kier alpha value is -3.00. The summed E-state index contributed by atoms with van der Waals surface area (Å²) in [6.07, 6.45) is 2.33. The van der Waals surface area contributed by atoms with Crippen LogP contribution in [0.3, 0.4) is 0 Å². The molecule has 0 atom stereocenters. The first-order valence-electron chi connectivity index (χ1n) is 8.75. The molecule has 7 nitrogen and oxygen atoms in total. The van der Waals surface area contributed by atoms with E-state index in [4.69, 9.17) is 0 Å². The van der Waals surface area contributed by atoms with E-state index in [0.717, 1.165) is 21.7 Å². The lowest BCUT2D eigenvalue weighted by Gasteiger charge is -2.10. The van der Waals surface area contributed by atoms with Gasteiger partial charge in [-0.3, -0.25) is 19.0 Å². The summed E-state index contributed by atoms with van der Waals surface area (Å²) < 4.78 is 4.21. The SMILES string of the molecule is CCc1nn(CC(=O)NCc2ccccn2)c(=O)c2cc3sc(C)cc3n12. The molecule has 0 unspecified atom stereocenters. The summed E-state index contributed by atoms with van der Waals surface area (Å²) in [6.45, 7) is 4.23. The van der Waals surface area contributed by atoms with Gasteiger partial charge in [0.1, 0.15) is 17.9 Å². The number of amides is 1. The number of carbonyl (C=O) groups is 1. The number of hydrogen-bond donors (Lipinski definition) is 1. The van der Waals surface area contributed by atoms with Crippen LogP contribution in [0.15, 0.2) is 41.3 Å². The standard InChI is InChI=1S/C19H19N5O2S/c1-3-17-22-23(11-18(25)21-10-13-6-4-5-7-20-13)19(26)15-9-16-14(24(15)17)8-12(2)27-16/h4-9H,3,10-11H2,1-2H3,(H,21,25). The minimum Gasteiger partial charge on any atom is -0.349 e. The van der Waals surface area contributed by atoms with E-state index >= 15 is 0 Å². The van der Waals surface area contributed by atoms with E-state index in [1.807, 2.05) is 42.5 Å². The smallest absolute Gasteiger partial charge is 0.291 e. The number of rotatable bonds is 5. The fraction of sp³-hybridized carbons (Fsp3) is 0.263. The van der Waals surface area contributed by atoms with Crippen molar-refractivity contribution >= 4 is 33.0 Å². The van der Waals surface area contributed by atoms with Crippen LogP contribution in [0.4, 0.5) is 0 Å². The highest BCUT2D eigenvalue weighted by molar-refractivity contribution is 7.19. The van der Waals surface area contributed by atoms with Crippen LogP contribution in [-0.4, -0.2) is 25.1 Å². The van der Waals surface area contributed by atoms with Gasteiger partial charge in [0.15, 0.2) is 0 Å². The van der Waals surface area contributed by atoms with Crippen molar-refractivity contribution in [1.82, 2.24) is 24.5 Å². The second-order valence-electron chi connectivity index (χ2n) is 6.30.